The normalized spacial score (nSPS) is 21.3. The van der Waals surface area contributed by atoms with Crippen LogP contribution in [0.2, 0.25) is 0 Å². The van der Waals surface area contributed by atoms with Crippen molar-refractivity contribution in [3.05, 3.63) is 52.3 Å². The third-order valence-electron chi connectivity index (χ3n) is 5.40. The first-order chi connectivity index (χ1) is 12.6. The summed E-state index contributed by atoms with van der Waals surface area (Å²) in [5.74, 6) is 1.40. The van der Waals surface area contributed by atoms with Crippen molar-refractivity contribution in [2.75, 3.05) is 19.6 Å². The fourth-order valence-electron chi connectivity index (χ4n) is 4.13. The molecule has 4 rings (SSSR count). The third-order valence-corrected chi connectivity index (χ3v) is 6.22. The van der Waals surface area contributed by atoms with E-state index in [1.807, 2.05) is 6.92 Å². The Bertz CT molecular complexity index is 882. The summed E-state index contributed by atoms with van der Waals surface area (Å²) in [5, 5.41) is 5.76. The predicted molar refractivity (Wildman–Crippen MR) is 107 cm³/mol. The maximum atomic E-state index is 6.11. The van der Waals surface area contributed by atoms with Crippen LogP contribution in [0.15, 0.2) is 30.3 Å². The predicted octanol–water partition coefficient (Wildman–Crippen LogP) is 3.40. The summed E-state index contributed by atoms with van der Waals surface area (Å²) in [7, 11) is 0. The minimum atomic E-state index is 0.400. The van der Waals surface area contributed by atoms with E-state index in [1.54, 1.807) is 11.3 Å². The van der Waals surface area contributed by atoms with E-state index in [9.17, 15) is 0 Å². The molecule has 2 atom stereocenters. The number of likely N-dealkylation sites (tertiary alicyclic amines) is 1. The summed E-state index contributed by atoms with van der Waals surface area (Å²) in [4.78, 5) is 8.40. The van der Waals surface area contributed by atoms with Crippen molar-refractivity contribution in [3.63, 3.8) is 0 Å². The van der Waals surface area contributed by atoms with Gasteiger partial charge >= 0.3 is 0 Å². The molecule has 138 valence electrons. The van der Waals surface area contributed by atoms with Crippen LogP contribution in [0.5, 0.6) is 0 Å². The monoisotopic (exact) mass is 369 g/mol. The topological polar surface area (TPSA) is 59.5 Å². The molecular weight excluding hydrogens is 342 g/mol. The minimum Gasteiger partial charge on any atom is -0.330 e. The van der Waals surface area contributed by atoms with Crippen molar-refractivity contribution in [3.8, 4) is 0 Å². The van der Waals surface area contributed by atoms with Gasteiger partial charge in [0.2, 0.25) is 4.96 Å². The summed E-state index contributed by atoms with van der Waals surface area (Å²) in [5.41, 5.74) is 9.93. The number of aryl methyl sites for hydroxylation is 1. The van der Waals surface area contributed by atoms with Crippen LogP contribution in [0.4, 0.5) is 0 Å². The zero-order valence-electron chi connectivity index (χ0n) is 15.7. The summed E-state index contributed by atoms with van der Waals surface area (Å²) >= 11 is 1.67. The fourth-order valence-corrected chi connectivity index (χ4v) is 4.90. The van der Waals surface area contributed by atoms with Crippen LogP contribution < -0.4 is 5.73 Å². The second kappa shape index (κ2) is 7.10. The Balaban J connectivity index is 1.62. The first kappa shape index (κ1) is 17.6. The highest BCUT2D eigenvalue weighted by Crippen LogP contribution is 2.34. The maximum Gasteiger partial charge on any atom is 0.212 e. The number of imidazole rings is 1. The molecule has 5 nitrogen and oxygen atoms in total. The highest BCUT2D eigenvalue weighted by molar-refractivity contribution is 7.16. The molecule has 3 heterocycles. The van der Waals surface area contributed by atoms with Crippen molar-refractivity contribution in [2.45, 2.75) is 39.2 Å². The maximum absolute atomic E-state index is 6.11. The molecule has 2 aromatic heterocycles. The lowest BCUT2D eigenvalue weighted by atomic mass is 9.89. The number of nitrogens with zero attached hydrogens (tertiary/aromatic N) is 4. The standard InChI is InChI=1S/C20H27N5S/c1-13(2)19-18(25-20(22-19)26-14(3)23-25)12-24-10-16(9-21)17(11-24)15-7-5-4-6-8-15/h4-8,13,16-17H,9-12,21H2,1-3H3/t16-,17+/m1/s1. The van der Waals surface area contributed by atoms with E-state index in [1.165, 1.54) is 17.0 Å². The molecule has 6 heteroatoms. The van der Waals surface area contributed by atoms with Crippen molar-refractivity contribution >= 4 is 16.3 Å². The molecule has 0 radical (unpaired) electrons. The molecule has 1 saturated heterocycles. The smallest absolute Gasteiger partial charge is 0.212 e. The Labute approximate surface area is 158 Å². The molecule has 3 aromatic rings. The number of nitrogens with two attached hydrogens (primary N) is 1. The number of aromatic nitrogens is 3. The molecule has 1 fully saturated rings. The van der Waals surface area contributed by atoms with Gasteiger partial charge in [-0.25, -0.2) is 9.50 Å². The Kier molecular flexibility index (Phi) is 4.82. The molecule has 2 N–H and O–H groups in total. The highest BCUT2D eigenvalue weighted by atomic mass is 32.1. The molecule has 26 heavy (non-hydrogen) atoms. The second-order valence-corrected chi connectivity index (χ2v) is 8.78. The lowest BCUT2D eigenvalue weighted by Crippen LogP contribution is -2.24. The van der Waals surface area contributed by atoms with Crippen molar-refractivity contribution < 1.29 is 0 Å². The molecule has 0 saturated carbocycles. The second-order valence-electron chi connectivity index (χ2n) is 7.62. The largest absolute Gasteiger partial charge is 0.330 e. The van der Waals surface area contributed by atoms with Gasteiger partial charge < -0.3 is 5.73 Å². The lowest BCUT2D eigenvalue weighted by molar-refractivity contribution is 0.309. The van der Waals surface area contributed by atoms with Crippen LogP contribution in [0.25, 0.3) is 4.96 Å². The molecule has 0 spiro atoms. The molecule has 1 aliphatic heterocycles. The van der Waals surface area contributed by atoms with Gasteiger partial charge in [0.15, 0.2) is 0 Å². The van der Waals surface area contributed by atoms with Gasteiger partial charge in [0, 0.05) is 25.6 Å². The fraction of sp³-hybridized carbons (Fsp3) is 0.500. The number of benzene rings is 1. The third kappa shape index (κ3) is 3.17. The molecular formula is C20H27N5S. The van der Waals surface area contributed by atoms with Gasteiger partial charge in [-0.1, -0.05) is 55.5 Å². The van der Waals surface area contributed by atoms with Crippen LogP contribution in [0.3, 0.4) is 0 Å². The van der Waals surface area contributed by atoms with Gasteiger partial charge in [0.1, 0.15) is 5.01 Å². The van der Waals surface area contributed by atoms with Gasteiger partial charge in [0.25, 0.3) is 0 Å². The molecule has 0 aliphatic carbocycles. The molecule has 0 amide bonds. The average molecular weight is 370 g/mol. The summed E-state index contributed by atoms with van der Waals surface area (Å²) in [6.07, 6.45) is 0. The van der Waals surface area contributed by atoms with Crippen LogP contribution in [0.1, 0.15) is 47.6 Å². The van der Waals surface area contributed by atoms with Crippen molar-refractivity contribution in [1.29, 1.82) is 0 Å². The quantitative estimate of drug-likeness (QED) is 0.749. The summed E-state index contributed by atoms with van der Waals surface area (Å²) < 4.78 is 2.06. The first-order valence-corrected chi connectivity index (χ1v) is 10.2. The van der Waals surface area contributed by atoms with Crippen LogP contribution in [-0.4, -0.2) is 39.1 Å². The lowest BCUT2D eigenvalue weighted by Gasteiger charge is -2.17. The Morgan fingerprint density at radius 2 is 2.00 bits per heavy atom. The van der Waals surface area contributed by atoms with Gasteiger partial charge in [0.05, 0.1) is 11.4 Å². The molecule has 0 bridgehead atoms. The summed E-state index contributed by atoms with van der Waals surface area (Å²) in [6, 6.07) is 10.8. The SMILES string of the molecule is Cc1nn2c(CN3C[C@@H](CN)[C@H](c4ccccc4)C3)c(C(C)C)nc2s1. The Morgan fingerprint density at radius 3 is 2.69 bits per heavy atom. The number of hydrogen-bond donors (Lipinski definition) is 1. The summed E-state index contributed by atoms with van der Waals surface area (Å²) in [6.45, 7) is 10.2. The Hall–Kier alpha value is -1.76. The van der Waals surface area contributed by atoms with E-state index in [2.05, 4.69) is 53.6 Å². The van der Waals surface area contributed by atoms with Crippen molar-refractivity contribution in [2.24, 2.45) is 11.7 Å². The molecule has 1 aliphatic rings. The van der Waals surface area contributed by atoms with Gasteiger partial charge in [-0.2, -0.15) is 5.10 Å². The van der Waals surface area contributed by atoms with Gasteiger partial charge in [-0.05, 0) is 30.9 Å². The van der Waals surface area contributed by atoms with E-state index in [4.69, 9.17) is 15.8 Å². The molecule has 1 aromatic carbocycles. The number of hydrogen-bond acceptors (Lipinski definition) is 5. The van der Waals surface area contributed by atoms with Crippen LogP contribution >= 0.6 is 11.3 Å². The zero-order chi connectivity index (χ0) is 18.3. The average Bonchev–Trinajstić information content (AvgIpc) is 3.29. The number of fused-ring (bicyclic) bond motifs is 1. The van der Waals surface area contributed by atoms with Crippen LogP contribution in [0, 0.1) is 12.8 Å². The number of rotatable bonds is 5. The van der Waals surface area contributed by atoms with E-state index in [0.717, 1.165) is 36.1 Å². The van der Waals surface area contributed by atoms with E-state index in [0.29, 0.717) is 17.8 Å². The first-order valence-electron chi connectivity index (χ1n) is 9.39. The van der Waals surface area contributed by atoms with Gasteiger partial charge in [-0.3, -0.25) is 4.90 Å². The van der Waals surface area contributed by atoms with E-state index >= 15 is 0 Å². The minimum absolute atomic E-state index is 0.400. The zero-order valence-corrected chi connectivity index (χ0v) is 16.5. The van der Waals surface area contributed by atoms with E-state index < -0.39 is 0 Å². The Morgan fingerprint density at radius 1 is 1.23 bits per heavy atom. The van der Waals surface area contributed by atoms with Crippen LogP contribution in [-0.2, 0) is 6.54 Å². The molecule has 0 unspecified atom stereocenters. The van der Waals surface area contributed by atoms with Gasteiger partial charge in [-0.15, -0.1) is 0 Å². The van der Waals surface area contributed by atoms with Crippen molar-refractivity contribution in [1.82, 2.24) is 19.5 Å². The highest BCUT2D eigenvalue weighted by Gasteiger charge is 2.34. The van der Waals surface area contributed by atoms with E-state index in [-0.39, 0.29) is 0 Å².